The summed E-state index contributed by atoms with van der Waals surface area (Å²) < 4.78 is 67.6. The topological polar surface area (TPSA) is 71.0 Å². The van der Waals surface area contributed by atoms with Gasteiger partial charge in [-0.25, -0.2) is 18.7 Å². The van der Waals surface area contributed by atoms with E-state index >= 15 is 0 Å². The Morgan fingerprint density at radius 2 is 1.94 bits per heavy atom. The fraction of sp³-hybridized carbons (Fsp3) is 0.417. The molecule has 0 spiro atoms. The van der Waals surface area contributed by atoms with Crippen molar-refractivity contribution >= 4 is 23.1 Å². The summed E-state index contributed by atoms with van der Waals surface area (Å²) in [6.45, 7) is 4.39. The van der Waals surface area contributed by atoms with Crippen molar-refractivity contribution in [2.24, 2.45) is 5.92 Å². The molecule has 0 bridgehead atoms. The highest BCUT2D eigenvalue weighted by Crippen LogP contribution is 2.37. The molecule has 1 aliphatic heterocycles. The molecule has 12 heteroatoms. The van der Waals surface area contributed by atoms with Gasteiger partial charge in [-0.1, -0.05) is 13.0 Å². The van der Waals surface area contributed by atoms with Crippen molar-refractivity contribution < 1.29 is 26.7 Å². The van der Waals surface area contributed by atoms with Crippen LogP contribution < -0.4 is 5.32 Å². The molecule has 0 aromatic carbocycles. The number of hydrogen-bond donors (Lipinski definition) is 1. The molecule has 192 valence electrons. The number of carbonyl (C=O) groups excluding carboxylic acids is 1. The summed E-state index contributed by atoms with van der Waals surface area (Å²) in [6, 6.07) is 6.73. The molecule has 0 saturated carbocycles. The largest absolute Gasteiger partial charge is 0.417 e. The molecule has 4 heterocycles. The number of amides is 1. The summed E-state index contributed by atoms with van der Waals surface area (Å²) in [7, 11) is 0. The molecular weight excluding hydrogens is 501 g/mol. The summed E-state index contributed by atoms with van der Waals surface area (Å²) >= 11 is 1.26. The van der Waals surface area contributed by atoms with Crippen LogP contribution in [0, 0.1) is 19.8 Å². The smallest absolute Gasteiger partial charge is 0.368 e. The number of hydrogen-bond acceptors (Lipinski definition) is 6. The Hall–Kier alpha value is -3.15. The van der Waals surface area contributed by atoms with Gasteiger partial charge < -0.3 is 10.2 Å². The number of piperidine rings is 1. The molecule has 4 rings (SSSR count). The van der Waals surface area contributed by atoms with E-state index in [1.165, 1.54) is 17.4 Å². The fourth-order valence-corrected chi connectivity index (χ4v) is 5.19. The maximum Gasteiger partial charge on any atom is 0.417 e. The molecule has 0 aliphatic carbocycles. The van der Waals surface area contributed by atoms with Crippen LogP contribution in [0.5, 0.6) is 0 Å². The standard InChI is InChI=1S/C24H24F5N5OS/c1-13-9-23(25,26)12-34(18(13)11-31-19-8-7-16(10-30-19)24(27,28)29)22(35)20-21(36-15(3)33-20)17-6-4-5-14(2)32-17/h4-8,10,13,18H,9,11-12H2,1-3H3,(H,30,31). The van der Waals surface area contributed by atoms with Crippen molar-refractivity contribution in [1.29, 1.82) is 0 Å². The Balaban J connectivity index is 1.61. The normalized spacial score (nSPS) is 19.8. The first-order valence-electron chi connectivity index (χ1n) is 11.2. The Bertz CT molecular complexity index is 1240. The third kappa shape index (κ3) is 5.63. The number of aromatic nitrogens is 3. The van der Waals surface area contributed by atoms with Gasteiger partial charge >= 0.3 is 6.18 Å². The zero-order chi connectivity index (χ0) is 26.3. The summed E-state index contributed by atoms with van der Waals surface area (Å²) in [5.41, 5.74) is 0.426. The predicted molar refractivity (Wildman–Crippen MR) is 126 cm³/mol. The zero-order valence-corrected chi connectivity index (χ0v) is 20.6. The Morgan fingerprint density at radius 1 is 1.19 bits per heavy atom. The Morgan fingerprint density at radius 3 is 2.58 bits per heavy atom. The van der Waals surface area contributed by atoms with Crippen LogP contribution in [0.4, 0.5) is 27.8 Å². The van der Waals surface area contributed by atoms with Crippen molar-refractivity contribution in [2.45, 2.75) is 45.3 Å². The second kappa shape index (κ2) is 9.72. The lowest BCUT2D eigenvalue weighted by Gasteiger charge is -2.43. The number of nitrogens with zero attached hydrogens (tertiary/aromatic N) is 4. The third-order valence-corrected chi connectivity index (χ3v) is 6.97. The van der Waals surface area contributed by atoms with Gasteiger partial charge in [0, 0.05) is 24.9 Å². The second-order valence-electron chi connectivity index (χ2n) is 8.92. The second-order valence-corrected chi connectivity index (χ2v) is 10.1. The van der Waals surface area contributed by atoms with E-state index in [0.717, 1.165) is 16.7 Å². The summed E-state index contributed by atoms with van der Waals surface area (Å²) in [6.07, 6.45) is -4.25. The van der Waals surface area contributed by atoms with Gasteiger partial charge in [0.05, 0.1) is 33.7 Å². The molecule has 6 nitrogen and oxygen atoms in total. The SMILES string of the molecule is Cc1cccc(-c2sc(C)nc2C(=O)N2CC(F)(F)CC(C)C2CNc2ccc(C(F)(F)F)cn2)n1. The number of alkyl halides is 5. The Kier molecular flexibility index (Phi) is 7.00. The van der Waals surface area contributed by atoms with Crippen LogP contribution in [0.25, 0.3) is 10.6 Å². The third-order valence-electron chi connectivity index (χ3n) is 5.98. The first kappa shape index (κ1) is 25.9. The van der Waals surface area contributed by atoms with Gasteiger partial charge in [0.2, 0.25) is 0 Å². The molecule has 3 aromatic rings. The summed E-state index contributed by atoms with van der Waals surface area (Å²) in [4.78, 5) is 27.8. The van der Waals surface area contributed by atoms with Crippen LogP contribution in [0.2, 0.25) is 0 Å². The number of thiazole rings is 1. The van der Waals surface area contributed by atoms with E-state index in [2.05, 4.69) is 20.3 Å². The summed E-state index contributed by atoms with van der Waals surface area (Å²) in [5, 5.41) is 3.49. The number of anilines is 1. The molecule has 1 saturated heterocycles. The van der Waals surface area contributed by atoms with Crippen LogP contribution in [0.15, 0.2) is 36.5 Å². The van der Waals surface area contributed by atoms with E-state index in [1.54, 1.807) is 26.0 Å². The minimum absolute atomic E-state index is 0.0303. The van der Waals surface area contributed by atoms with Crippen molar-refractivity contribution in [3.8, 4) is 10.6 Å². The Labute approximate surface area is 208 Å². The van der Waals surface area contributed by atoms with Crippen molar-refractivity contribution in [1.82, 2.24) is 19.9 Å². The van der Waals surface area contributed by atoms with Gasteiger partial charge in [0.1, 0.15) is 11.5 Å². The van der Waals surface area contributed by atoms with E-state index in [4.69, 9.17) is 0 Å². The number of carbonyl (C=O) groups is 1. The predicted octanol–water partition coefficient (Wildman–Crippen LogP) is 5.83. The fourth-order valence-electron chi connectivity index (χ4n) is 4.31. The maximum atomic E-state index is 14.6. The van der Waals surface area contributed by atoms with E-state index in [0.29, 0.717) is 21.8 Å². The minimum atomic E-state index is -4.52. The van der Waals surface area contributed by atoms with E-state index in [-0.39, 0.29) is 18.1 Å². The lowest BCUT2D eigenvalue weighted by molar-refractivity contribution is -0.137. The molecule has 36 heavy (non-hydrogen) atoms. The molecule has 2 unspecified atom stereocenters. The lowest BCUT2D eigenvalue weighted by Crippen LogP contribution is -2.57. The number of aryl methyl sites for hydroxylation is 2. The number of halogens is 5. The van der Waals surface area contributed by atoms with Gasteiger partial charge in [-0.15, -0.1) is 11.3 Å². The molecule has 1 amide bonds. The average Bonchev–Trinajstić information content (AvgIpc) is 3.18. The first-order chi connectivity index (χ1) is 16.8. The number of likely N-dealkylation sites (tertiary alicyclic amines) is 1. The number of rotatable bonds is 5. The van der Waals surface area contributed by atoms with E-state index in [9.17, 15) is 26.7 Å². The highest BCUT2D eigenvalue weighted by molar-refractivity contribution is 7.15. The van der Waals surface area contributed by atoms with Gasteiger partial charge in [-0.2, -0.15) is 13.2 Å². The molecule has 1 fully saturated rings. The molecule has 2 atom stereocenters. The molecule has 3 aromatic heterocycles. The maximum absolute atomic E-state index is 14.6. The van der Waals surface area contributed by atoms with Crippen molar-refractivity contribution in [3.05, 3.63) is 58.5 Å². The monoisotopic (exact) mass is 525 g/mol. The van der Waals surface area contributed by atoms with Crippen LogP contribution in [0.1, 0.15) is 40.1 Å². The number of pyridine rings is 2. The quantitative estimate of drug-likeness (QED) is 0.424. The molecule has 1 aliphatic rings. The zero-order valence-electron chi connectivity index (χ0n) is 19.7. The van der Waals surface area contributed by atoms with Crippen molar-refractivity contribution in [2.75, 3.05) is 18.4 Å². The molecule has 0 radical (unpaired) electrons. The first-order valence-corrected chi connectivity index (χ1v) is 12.0. The van der Waals surface area contributed by atoms with Crippen LogP contribution in [-0.2, 0) is 6.18 Å². The van der Waals surface area contributed by atoms with Gasteiger partial charge in [-0.05, 0) is 44.0 Å². The van der Waals surface area contributed by atoms with Crippen LogP contribution >= 0.6 is 11.3 Å². The van der Waals surface area contributed by atoms with Gasteiger partial charge in [-0.3, -0.25) is 9.78 Å². The van der Waals surface area contributed by atoms with E-state index in [1.807, 2.05) is 13.0 Å². The lowest BCUT2D eigenvalue weighted by atomic mass is 9.88. The minimum Gasteiger partial charge on any atom is -0.368 e. The van der Waals surface area contributed by atoms with Gasteiger partial charge in [0.15, 0.2) is 0 Å². The summed E-state index contributed by atoms with van der Waals surface area (Å²) in [5.74, 6) is -4.18. The van der Waals surface area contributed by atoms with Crippen LogP contribution in [-0.4, -0.2) is 50.8 Å². The highest BCUT2D eigenvalue weighted by Gasteiger charge is 2.47. The molecule has 1 N–H and O–H groups in total. The van der Waals surface area contributed by atoms with Gasteiger partial charge in [0.25, 0.3) is 11.8 Å². The number of nitrogens with one attached hydrogen (secondary N) is 1. The highest BCUT2D eigenvalue weighted by atomic mass is 32.1. The van der Waals surface area contributed by atoms with E-state index < -0.39 is 48.5 Å². The molecular formula is C24H24F5N5OS. The van der Waals surface area contributed by atoms with Crippen molar-refractivity contribution in [3.63, 3.8) is 0 Å². The average molecular weight is 526 g/mol. The van der Waals surface area contributed by atoms with Crippen LogP contribution in [0.3, 0.4) is 0 Å².